The molecule has 0 aliphatic heterocycles. The molecule has 262 valence electrons. The van der Waals surface area contributed by atoms with Gasteiger partial charge in [-0.1, -0.05) is 88.4 Å². The minimum Gasteiger partial charge on any atom is -0.278 e. The standard InChI is InChI=1S/C47H34N8/c1-46(2)31-13-11-12-30-29-22-20-27(24-40(29)55-43(42(30)31)32(26-48-55)47(46,3)4)52-41-25-28(21-23-39(41)54-36-17-8-6-15-34(36)50-45(52)54)51-37-18-9-10-19-38(37)53-35-16-7-5-14-33(35)49-44(51)53/h5-26H,1-4H3. The van der Waals surface area contributed by atoms with Gasteiger partial charge in [0.2, 0.25) is 11.6 Å². The third-order valence-electron chi connectivity index (χ3n) is 13.3. The molecule has 1 aliphatic carbocycles. The lowest BCUT2D eigenvalue weighted by Crippen LogP contribution is -2.42. The van der Waals surface area contributed by atoms with Crippen molar-refractivity contribution in [1.82, 2.24) is 37.5 Å². The second kappa shape index (κ2) is 9.59. The fraction of sp³-hybridized carbons (Fsp3) is 0.128. The summed E-state index contributed by atoms with van der Waals surface area (Å²) in [6, 6.07) is 45.8. The molecule has 0 amide bonds. The van der Waals surface area contributed by atoms with Crippen LogP contribution in [0.2, 0.25) is 0 Å². The Labute approximate surface area is 314 Å². The van der Waals surface area contributed by atoms with Gasteiger partial charge in [0.1, 0.15) is 0 Å². The van der Waals surface area contributed by atoms with Crippen LogP contribution in [0.4, 0.5) is 0 Å². The number of fused-ring (bicyclic) bond motifs is 13. The summed E-state index contributed by atoms with van der Waals surface area (Å²) < 4.78 is 11.4. The average molecular weight is 711 g/mol. The van der Waals surface area contributed by atoms with Crippen LogP contribution < -0.4 is 0 Å². The summed E-state index contributed by atoms with van der Waals surface area (Å²) in [7, 11) is 0. The first-order valence-corrected chi connectivity index (χ1v) is 19.0. The van der Waals surface area contributed by atoms with Crippen LogP contribution in [0.1, 0.15) is 38.8 Å². The lowest BCUT2D eigenvalue weighted by Gasteiger charge is -2.45. The Morgan fingerprint density at radius 2 is 1.02 bits per heavy atom. The summed E-state index contributed by atoms with van der Waals surface area (Å²) in [6.45, 7) is 9.49. The number of para-hydroxylation sites is 6. The number of hydrogen-bond acceptors (Lipinski definition) is 3. The van der Waals surface area contributed by atoms with Gasteiger partial charge in [-0.05, 0) is 83.1 Å². The summed E-state index contributed by atoms with van der Waals surface area (Å²) in [4.78, 5) is 10.5. The van der Waals surface area contributed by atoms with Crippen molar-refractivity contribution >= 4 is 82.9 Å². The SMILES string of the molecule is CC1(C)c2cccc3c4ccc(-n5c6cc(-n7c8ccccc8n8c9ccccc9nc78)ccc6n6c7ccccc7nc56)cc4n4ncc(c4c23)C1(C)C. The molecule has 0 saturated heterocycles. The van der Waals surface area contributed by atoms with E-state index < -0.39 is 0 Å². The van der Waals surface area contributed by atoms with Gasteiger partial charge in [-0.15, -0.1) is 0 Å². The molecule has 0 bridgehead atoms. The predicted molar refractivity (Wildman–Crippen MR) is 222 cm³/mol. The molecule has 13 rings (SSSR count). The number of pyridine rings is 1. The number of rotatable bonds is 2. The molecule has 1 aliphatic rings. The van der Waals surface area contributed by atoms with E-state index in [1.54, 1.807) is 0 Å². The summed E-state index contributed by atoms with van der Waals surface area (Å²) in [5, 5.41) is 8.91. The summed E-state index contributed by atoms with van der Waals surface area (Å²) in [5.74, 6) is 1.75. The maximum absolute atomic E-state index is 5.28. The fourth-order valence-corrected chi connectivity index (χ4v) is 9.90. The van der Waals surface area contributed by atoms with Gasteiger partial charge in [0.15, 0.2) is 0 Å². The molecule has 0 fully saturated rings. The summed E-state index contributed by atoms with van der Waals surface area (Å²) in [6.07, 6.45) is 2.11. The van der Waals surface area contributed by atoms with E-state index in [1.807, 2.05) is 0 Å². The molecule has 0 radical (unpaired) electrons. The highest BCUT2D eigenvalue weighted by atomic mass is 15.2. The van der Waals surface area contributed by atoms with Crippen LogP contribution in [0.5, 0.6) is 0 Å². The van der Waals surface area contributed by atoms with E-state index in [9.17, 15) is 0 Å². The number of nitrogens with zero attached hydrogens (tertiary/aromatic N) is 8. The van der Waals surface area contributed by atoms with E-state index in [4.69, 9.17) is 15.1 Å². The molecule has 8 nitrogen and oxygen atoms in total. The molecular formula is C47H34N8. The Bertz CT molecular complexity index is 3670. The lowest BCUT2D eigenvalue weighted by atomic mass is 9.58. The number of hydrogen-bond donors (Lipinski definition) is 0. The first-order chi connectivity index (χ1) is 26.8. The van der Waals surface area contributed by atoms with E-state index in [0.29, 0.717) is 0 Å². The van der Waals surface area contributed by atoms with Crippen molar-refractivity contribution in [2.24, 2.45) is 0 Å². The van der Waals surface area contributed by atoms with Crippen LogP contribution in [0.3, 0.4) is 0 Å². The second-order valence-electron chi connectivity index (χ2n) is 16.3. The smallest absolute Gasteiger partial charge is 0.220 e. The van der Waals surface area contributed by atoms with Gasteiger partial charge in [-0.25, -0.2) is 14.5 Å². The van der Waals surface area contributed by atoms with E-state index in [-0.39, 0.29) is 10.8 Å². The first kappa shape index (κ1) is 29.5. The molecule has 6 heterocycles. The minimum atomic E-state index is -0.106. The molecule has 6 aromatic heterocycles. The highest BCUT2D eigenvalue weighted by Gasteiger charge is 2.46. The quantitative estimate of drug-likeness (QED) is 0.168. The molecule has 0 N–H and O–H groups in total. The Balaban J connectivity index is 1.14. The largest absolute Gasteiger partial charge is 0.278 e. The van der Waals surface area contributed by atoms with Crippen LogP contribution in [-0.4, -0.2) is 37.5 Å². The van der Waals surface area contributed by atoms with Gasteiger partial charge in [-0.2, -0.15) is 5.10 Å². The van der Waals surface area contributed by atoms with E-state index in [2.05, 4.69) is 184 Å². The van der Waals surface area contributed by atoms with Gasteiger partial charge in [0, 0.05) is 21.8 Å². The zero-order valence-corrected chi connectivity index (χ0v) is 30.8. The average Bonchev–Trinajstić information content (AvgIpc) is 4.01. The molecule has 6 aromatic carbocycles. The van der Waals surface area contributed by atoms with E-state index >= 15 is 0 Å². The van der Waals surface area contributed by atoms with Crippen LogP contribution in [-0.2, 0) is 10.8 Å². The Morgan fingerprint density at radius 3 is 1.73 bits per heavy atom. The van der Waals surface area contributed by atoms with Crippen LogP contribution in [0, 0.1) is 0 Å². The molecule has 0 spiro atoms. The lowest BCUT2D eigenvalue weighted by molar-refractivity contribution is 0.304. The van der Waals surface area contributed by atoms with Gasteiger partial charge in [-0.3, -0.25) is 17.9 Å². The van der Waals surface area contributed by atoms with Gasteiger partial charge in [0.25, 0.3) is 0 Å². The molecule has 8 heteroatoms. The van der Waals surface area contributed by atoms with Crippen molar-refractivity contribution in [2.75, 3.05) is 0 Å². The molecule has 0 atom stereocenters. The molecular weight excluding hydrogens is 677 g/mol. The van der Waals surface area contributed by atoms with Crippen molar-refractivity contribution in [3.05, 3.63) is 145 Å². The minimum absolute atomic E-state index is 0.0631. The van der Waals surface area contributed by atoms with E-state index in [0.717, 1.165) is 72.6 Å². The number of aromatic nitrogens is 8. The van der Waals surface area contributed by atoms with Gasteiger partial charge in [0.05, 0.1) is 72.7 Å². The predicted octanol–water partition coefficient (Wildman–Crippen LogP) is 10.7. The number of imidazole rings is 4. The Kier molecular flexibility index (Phi) is 5.15. The monoisotopic (exact) mass is 710 g/mol. The van der Waals surface area contributed by atoms with Crippen molar-refractivity contribution in [3.8, 4) is 11.4 Å². The second-order valence-corrected chi connectivity index (χ2v) is 16.3. The van der Waals surface area contributed by atoms with E-state index in [1.165, 1.54) is 32.8 Å². The molecule has 55 heavy (non-hydrogen) atoms. The first-order valence-electron chi connectivity index (χ1n) is 19.0. The summed E-state index contributed by atoms with van der Waals surface area (Å²) in [5.41, 5.74) is 15.3. The van der Waals surface area contributed by atoms with Crippen LogP contribution in [0.15, 0.2) is 134 Å². The highest BCUT2D eigenvalue weighted by molar-refractivity contribution is 6.16. The zero-order chi connectivity index (χ0) is 36.5. The molecule has 0 unspecified atom stereocenters. The van der Waals surface area contributed by atoms with Crippen molar-refractivity contribution in [3.63, 3.8) is 0 Å². The van der Waals surface area contributed by atoms with Gasteiger partial charge < -0.3 is 0 Å². The maximum atomic E-state index is 5.28. The maximum Gasteiger partial charge on any atom is 0.220 e. The third kappa shape index (κ3) is 3.38. The summed E-state index contributed by atoms with van der Waals surface area (Å²) >= 11 is 0. The third-order valence-corrected chi connectivity index (χ3v) is 13.3. The topological polar surface area (TPSA) is 61.8 Å². The number of benzene rings is 6. The van der Waals surface area contributed by atoms with Crippen LogP contribution >= 0.6 is 0 Å². The van der Waals surface area contributed by atoms with Gasteiger partial charge >= 0.3 is 0 Å². The fourth-order valence-electron chi connectivity index (χ4n) is 9.90. The van der Waals surface area contributed by atoms with Crippen molar-refractivity contribution < 1.29 is 0 Å². The highest BCUT2D eigenvalue weighted by Crippen LogP contribution is 2.53. The zero-order valence-electron chi connectivity index (χ0n) is 30.8. The Morgan fingerprint density at radius 1 is 0.455 bits per heavy atom. The van der Waals surface area contributed by atoms with Crippen LogP contribution in [0.25, 0.3) is 94.3 Å². The normalized spacial score (nSPS) is 15.2. The Hall–Kier alpha value is -6.93. The van der Waals surface area contributed by atoms with Crippen molar-refractivity contribution in [1.29, 1.82) is 0 Å². The van der Waals surface area contributed by atoms with Crippen molar-refractivity contribution in [2.45, 2.75) is 38.5 Å². The molecule has 0 saturated carbocycles. The molecule has 12 aromatic rings.